The van der Waals surface area contributed by atoms with Gasteiger partial charge in [0.1, 0.15) is 0 Å². The van der Waals surface area contributed by atoms with Gasteiger partial charge in [-0.05, 0) is 26.0 Å². The Morgan fingerprint density at radius 1 is 1.11 bits per heavy atom. The van der Waals surface area contributed by atoms with Gasteiger partial charge in [0.15, 0.2) is 17.8 Å². The van der Waals surface area contributed by atoms with Crippen molar-refractivity contribution in [3.63, 3.8) is 0 Å². The number of methoxy groups -OCH3 is 3. The van der Waals surface area contributed by atoms with Crippen LogP contribution in [0.15, 0.2) is 18.2 Å². The highest BCUT2D eigenvalue weighted by atomic mass is 16.7. The van der Waals surface area contributed by atoms with Gasteiger partial charge in [-0.3, -0.25) is 0 Å². The number of nitrogens with one attached hydrogen (secondary N) is 1. The van der Waals surface area contributed by atoms with E-state index in [0.717, 1.165) is 11.4 Å². The first-order valence-electron chi connectivity index (χ1n) is 6.29. The lowest BCUT2D eigenvalue weighted by atomic mass is 10.2. The first kappa shape index (κ1) is 15.6. The summed E-state index contributed by atoms with van der Waals surface area (Å²) in [5.74, 6) is 1.43. The van der Waals surface area contributed by atoms with E-state index in [9.17, 15) is 0 Å². The molecule has 5 nitrogen and oxygen atoms in total. The highest BCUT2D eigenvalue weighted by Gasteiger charge is 2.16. The number of ether oxygens (including phenoxy) is 4. The van der Waals surface area contributed by atoms with Crippen LogP contribution in [0.2, 0.25) is 0 Å². The molecule has 19 heavy (non-hydrogen) atoms. The van der Waals surface area contributed by atoms with E-state index in [-0.39, 0.29) is 12.3 Å². The van der Waals surface area contributed by atoms with Gasteiger partial charge in [-0.2, -0.15) is 0 Å². The van der Waals surface area contributed by atoms with Crippen molar-refractivity contribution in [3.05, 3.63) is 18.2 Å². The summed E-state index contributed by atoms with van der Waals surface area (Å²) < 4.78 is 21.2. The van der Waals surface area contributed by atoms with E-state index in [2.05, 4.69) is 5.32 Å². The summed E-state index contributed by atoms with van der Waals surface area (Å²) in [6.07, 6.45) is -0.308. The zero-order valence-electron chi connectivity index (χ0n) is 12.2. The molecule has 1 unspecified atom stereocenters. The third kappa shape index (κ3) is 4.29. The zero-order valence-corrected chi connectivity index (χ0v) is 12.2. The molecular weight excluding hydrogens is 246 g/mol. The Balaban J connectivity index is 2.81. The Morgan fingerprint density at radius 3 is 2.32 bits per heavy atom. The summed E-state index contributed by atoms with van der Waals surface area (Å²) in [5, 5.41) is 3.31. The van der Waals surface area contributed by atoms with Gasteiger partial charge in [-0.15, -0.1) is 0 Å². The number of rotatable bonds is 8. The summed E-state index contributed by atoms with van der Waals surface area (Å²) >= 11 is 0. The lowest BCUT2D eigenvalue weighted by Crippen LogP contribution is -2.33. The molecule has 0 aliphatic rings. The number of anilines is 1. The average Bonchev–Trinajstić information content (AvgIpc) is 2.41. The van der Waals surface area contributed by atoms with E-state index in [1.54, 1.807) is 21.3 Å². The molecule has 0 radical (unpaired) electrons. The second-order valence-corrected chi connectivity index (χ2v) is 4.07. The Hall–Kier alpha value is -1.46. The molecule has 0 bridgehead atoms. The molecule has 0 fully saturated rings. The highest BCUT2D eigenvalue weighted by molar-refractivity contribution is 5.55. The maximum atomic E-state index is 5.54. The maximum absolute atomic E-state index is 5.54. The molecule has 0 saturated heterocycles. The van der Waals surface area contributed by atoms with Crippen molar-refractivity contribution in [2.75, 3.05) is 33.3 Å². The number of hydrogen-bond acceptors (Lipinski definition) is 5. The molecule has 1 N–H and O–H groups in total. The molecule has 1 atom stereocenters. The van der Waals surface area contributed by atoms with Crippen molar-refractivity contribution < 1.29 is 18.9 Å². The molecule has 0 aliphatic heterocycles. The molecule has 1 aromatic carbocycles. The molecule has 0 spiro atoms. The first-order valence-corrected chi connectivity index (χ1v) is 6.29. The average molecular weight is 269 g/mol. The van der Waals surface area contributed by atoms with Crippen LogP contribution in [0.5, 0.6) is 11.5 Å². The Morgan fingerprint density at radius 2 is 1.79 bits per heavy atom. The Bertz CT molecular complexity index is 380. The van der Waals surface area contributed by atoms with Gasteiger partial charge in [-0.1, -0.05) is 0 Å². The summed E-state index contributed by atoms with van der Waals surface area (Å²) in [6.45, 7) is 4.52. The maximum Gasteiger partial charge on any atom is 0.176 e. The third-order valence-corrected chi connectivity index (χ3v) is 2.73. The molecule has 0 aliphatic carbocycles. The quantitative estimate of drug-likeness (QED) is 0.735. The van der Waals surface area contributed by atoms with Crippen molar-refractivity contribution in [2.45, 2.75) is 26.2 Å². The van der Waals surface area contributed by atoms with Crippen LogP contribution in [0, 0.1) is 0 Å². The summed E-state index contributed by atoms with van der Waals surface area (Å²) in [4.78, 5) is 0. The summed E-state index contributed by atoms with van der Waals surface area (Å²) in [7, 11) is 4.86. The van der Waals surface area contributed by atoms with Gasteiger partial charge in [0.2, 0.25) is 0 Å². The monoisotopic (exact) mass is 269 g/mol. The van der Waals surface area contributed by atoms with Gasteiger partial charge in [0.05, 0.1) is 19.8 Å². The van der Waals surface area contributed by atoms with Crippen LogP contribution in [0.4, 0.5) is 5.69 Å². The molecule has 0 aromatic heterocycles. The van der Waals surface area contributed by atoms with E-state index < -0.39 is 0 Å². The first-order chi connectivity index (χ1) is 9.15. The van der Waals surface area contributed by atoms with E-state index in [0.29, 0.717) is 12.4 Å². The largest absolute Gasteiger partial charge is 0.493 e. The highest BCUT2D eigenvalue weighted by Crippen LogP contribution is 2.30. The summed E-state index contributed by atoms with van der Waals surface area (Å²) in [6, 6.07) is 5.72. The molecular formula is C14H23NO4. The van der Waals surface area contributed by atoms with Gasteiger partial charge in [0, 0.05) is 26.0 Å². The Kier molecular flexibility index (Phi) is 6.45. The van der Waals surface area contributed by atoms with Crippen molar-refractivity contribution in [2.24, 2.45) is 0 Å². The zero-order chi connectivity index (χ0) is 14.3. The normalized spacial score (nSPS) is 12.3. The molecule has 1 aromatic rings. The fourth-order valence-corrected chi connectivity index (χ4v) is 1.87. The van der Waals surface area contributed by atoms with Crippen molar-refractivity contribution in [3.8, 4) is 11.5 Å². The van der Waals surface area contributed by atoms with Crippen LogP contribution in [0.1, 0.15) is 13.8 Å². The van der Waals surface area contributed by atoms with Crippen LogP contribution < -0.4 is 14.8 Å². The third-order valence-electron chi connectivity index (χ3n) is 2.73. The predicted octanol–water partition coefficient (Wildman–Crippen LogP) is 2.51. The van der Waals surface area contributed by atoms with E-state index >= 15 is 0 Å². The van der Waals surface area contributed by atoms with Crippen LogP contribution >= 0.6 is 0 Å². The molecule has 5 heteroatoms. The molecule has 1 rings (SSSR count). The minimum absolute atomic E-state index is 0.0119. The van der Waals surface area contributed by atoms with E-state index in [1.807, 2.05) is 32.0 Å². The van der Waals surface area contributed by atoms with E-state index in [4.69, 9.17) is 18.9 Å². The van der Waals surface area contributed by atoms with Crippen molar-refractivity contribution >= 4 is 5.69 Å². The minimum Gasteiger partial charge on any atom is -0.493 e. The smallest absolute Gasteiger partial charge is 0.176 e. The van der Waals surface area contributed by atoms with Crippen LogP contribution in [-0.4, -0.2) is 40.3 Å². The fraction of sp³-hybridized carbons (Fsp3) is 0.571. The lowest BCUT2D eigenvalue weighted by molar-refractivity contribution is -0.109. The van der Waals surface area contributed by atoms with E-state index in [1.165, 1.54) is 0 Å². The minimum atomic E-state index is -0.308. The van der Waals surface area contributed by atoms with Crippen LogP contribution in [0.3, 0.4) is 0 Å². The molecule has 0 heterocycles. The molecule has 0 saturated carbocycles. The van der Waals surface area contributed by atoms with Crippen molar-refractivity contribution in [1.82, 2.24) is 0 Å². The topological polar surface area (TPSA) is 49.0 Å². The number of benzene rings is 1. The fourth-order valence-electron chi connectivity index (χ4n) is 1.87. The van der Waals surface area contributed by atoms with Crippen LogP contribution in [0.25, 0.3) is 0 Å². The number of hydrogen-bond donors (Lipinski definition) is 1. The Labute approximate surface area is 114 Å². The predicted molar refractivity (Wildman–Crippen MR) is 75.1 cm³/mol. The van der Waals surface area contributed by atoms with Gasteiger partial charge >= 0.3 is 0 Å². The van der Waals surface area contributed by atoms with Crippen LogP contribution in [-0.2, 0) is 9.47 Å². The standard InChI is InChI=1S/C14H23NO4/c1-6-19-13-9-11(7-8-12(13)16-3)15-10(2)14(17-4)18-5/h7-10,14-15H,6H2,1-5H3. The SMILES string of the molecule is CCOc1cc(NC(C)C(OC)OC)ccc1OC. The summed E-state index contributed by atoms with van der Waals surface area (Å²) in [5.41, 5.74) is 0.927. The lowest BCUT2D eigenvalue weighted by Gasteiger charge is -2.23. The molecule has 108 valence electrons. The van der Waals surface area contributed by atoms with Gasteiger partial charge in [-0.25, -0.2) is 0 Å². The molecule has 0 amide bonds. The second-order valence-electron chi connectivity index (χ2n) is 4.07. The van der Waals surface area contributed by atoms with Crippen molar-refractivity contribution in [1.29, 1.82) is 0 Å². The second kappa shape index (κ2) is 7.86. The van der Waals surface area contributed by atoms with Gasteiger partial charge in [0.25, 0.3) is 0 Å². The van der Waals surface area contributed by atoms with Gasteiger partial charge < -0.3 is 24.3 Å².